The standard InChI is InChI=1S/C20H23NO/c1-20(2)19(17-9-11-18(22-3)12-10-17)13-14-21(20)15-16-7-5-4-6-8-16/h4-13H,14-15H2,1-3H3. The minimum absolute atomic E-state index is 0.0322. The van der Waals surface area contributed by atoms with Gasteiger partial charge < -0.3 is 4.74 Å². The van der Waals surface area contributed by atoms with Gasteiger partial charge in [-0.2, -0.15) is 0 Å². The summed E-state index contributed by atoms with van der Waals surface area (Å²) in [5.41, 5.74) is 4.07. The van der Waals surface area contributed by atoms with Crippen LogP contribution in [0.15, 0.2) is 60.7 Å². The van der Waals surface area contributed by atoms with Gasteiger partial charge in [-0.3, -0.25) is 4.90 Å². The maximum Gasteiger partial charge on any atom is 0.118 e. The third-order valence-corrected chi connectivity index (χ3v) is 4.58. The van der Waals surface area contributed by atoms with Gasteiger partial charge in [0.1, 0.15) is 5.75 Å². The Bertz CT molecular complexity index is 656. The Hall–Kier alpha value is -2.06. The maximum absolute atomic E-state index is 5.25. The number of ether oxygens (including phenoxy) is 1. The first-order valence-corrected chi connectivity index (χ1v) is 7.75. The summed E-state index contributed by atoms with van der Waals surface area (Å²) in [6.45, 7) is 6.57. The zero-order valence-corrected chi connectivity index (χ0v) is 13.5. The lowest BCUT2D eigenvalue weighted by Crippen LogP contribution is -2.39. The lowest BCUT2D eigenvalue weighted by molar-refractivity contribution is 0.197. The van der Waals surface area contributed by atoms with Gasteiger partial charge in [-0.15, -0.1) is 0 Å². The number of methoxy groups -OCH3 is 1. The van der Waals surface area contributed by atoms with E-state index in [4.69, 9.17) is 4.74 Å². The van der Waals surface area contributed by atoms with Gasteiger partial charge in [-0.25, -0.2) is 0 Å². The van der Waals surface area contributed by atoms with Crippen LogP contribution in [-0.2, 0) is 6.54 Å². The molecule has 114 valence electrons. The van der Waals surface area contributed by atoms with Gasteiger partial charge in [0.15, 0.2) is 0 Å². The van der Waals surface area contributed by atoms with Crippen molar-refractivity contribution in [1.82, 2.24) is 4.90 Å². The van der Waals surface area contributed by atoms with Gasteiger partial charge in [-0.05, 0) is 42.7 Å². The summed E-state index contributed by atoms with van der Waals surface area (Å²) in [6, 6.07) is 19.0. The molecular formula is C20H23NO. The highest BCUT2D eigenvalue weighted by Crippen LogP contribution is 2.38. The van der Waals surface area contributed by atoms with Crippen molar-refractivity contribution >= 4 is 5.57 Å². The van der Waals surface area contributed by atoms with E-state index in [9.17, 15) is 0 Å². The largest absolute Gasteiger partial charge is 0.497 e. The van der Waals surface area contributed by atoms with E-state index in [2.05, 4.69) is 67.3 Å². The highest BCUT2D eigenvalue weighted by Gasteiger charge is 2.35. The number of rotatable bonds is 4. The molecule has 0 aliphatic carbocycles. The van der Waals surface area contributed by atoms with Gasteiger partial charge in [0, 0.05) is 18.6 Å². The summed E-state index contributed by atoms with van der Waals surface area (Å²) in [5.74, 6) is 0.904. The quantitative estimate of drug-likeness (QED) is 0.830. The van der Waals surface area contributed by atoms with Crippen LogP contribution in [0.2, 0.25) is 0 Å². The van der Waals surface area contributed by atoms with Crippen molar-refractivity contribution in [3.8, 4) is 5.75 Å². The monoisotopic (exact) mass is 293 g/mol. The molecule has 1 aliphatic rings. The molecule has 2 nitrogen and oxygen atoms in total. The van der Waals surface area contributed by atoms with Crippen molar-refractivity contribution in [2.45, 2.75) is 25.9 Å². The first-order valence-electron chi connectivity index (χ1n) is 7.75. The molecule has 0 amide bonds. The topological polar surface area (TPSA) is 12.5 Å². The first-order chi connectivity index (χ1) is 10.6. The van der Waals surface area contributed by atoms with E-state index in [1.165, 1.54) is 16.7 Å². The predicted octanol–water partition coefficient (Wildman–Crippen LogP) is 4.37. The number of hydrogen-bond acceptors (Lipinski definition) is 2. The van der Waals surface area contributed by atoms with Gasteiger partial charge in [0.05, 0.1) is 7.11 Å². The van der Waals surface area contributed by atoms with Crippen LogP contribution in [0.4, 0.5) is 0 Å². The molecule has 3 rings (SSSR count). The van der Waals surface area contributed by atoms with Crippen LogP contribution in [-0.4, -0.2) is 24.1 Å². The summed E-state index contributed by atoms with van der Waals surface area (Å²) in [5, 5.41) is 0. The highest BCUT2D eigenvalue weighted by molar-refractivity contribution is 5.75. The smallest absolute Gasteiger partial charge is 0.118 e. The van der Waals surface area contributed by atoms with Crippen molar-refractivity contribution in [1.29, 1.82) is 0 Å². The summed E-state index contributed by atoms with van der Waals surface area (Å²) < 4.78 is 5.25. The number of hydrogen-bond donors (Lipinski definition) is 0. The first kappa shape index (κ1) is 14.9. The maximum atomic E-state index is 5.25. The summed E-state index contributed by atoms with van der Waals surface area (Å²) in [7, 11) is 1.70. The van der Waals surface area contributed by atoms with E-state index in [1.807, 2.05) is 12.1 Å². The van der Waals surface area contributed by atoms with Crippen LogP contribution in [0, 0.1) is 0 Å². The highest BCUT2D eigenvalue weighted by atomic mass is 16.5. The molecule has 22 heavy (non-hydrogen) atoms. The number of nitrogens with zero attached hydrogens (tertiary/aromatic N) is 1. The van der Waals surface area contributed by atoms with E-state index < -0.39 is 0 Å². The average Bonchev–Trinajstić information content (AvgIpc) is 2.83. The van der Waals surface area contributed by atoms with E-state index in [0.29, 0.717) is 0 Å². The normalized spacial score (nSPS) is 17.3. The zero-order valence-electron chi connectivity index (χ0n) is 13.5. The Kier molecular flexibility index (Phi) is 4.04. The van der Waals surface area contributed by atoms with Crippen LogP contribution in [0.5, 0.6) is 5.75 Å². The Labute approximate surface area is 133 Å². The molecule has 0 saturated heterocycles. The molecular weight excluding hydrogens is 270 g/mol. The molecule has 1 heterocycles. The van der Waals surface area contributed by atoms with Crippen molar-refractivity contribution in [3.63, 3.8) is 0 Å². The lowest BCUT2D eigenvalue weighted by atomic mass is 9.89. The van der Waals surface area contributed by atoms with Crippen molar-refractivity contribution in [3.05, 3.63) is 71.8 Å². The van der Waals surface area contributed by atoms with Crippen LogP contribution in [0.1, 0.15) is 25.0 Å². The van der Waals surface area contributed by atoms with Crippen LogP contribution < -0.4 is 4.74 Å². The summed E-state index contributed by atoms with van der Waals surface area (Å²) >= 11 is 0. The molecule has 2 aromatic rings. The van der Waals surface area contributed by atoms with Gasteiger partial charge >= 0.3 is 0 Å². The van der Waals surface area contributed by atoms with Gasteiger partial charge in [-0.1, -0.05) is 48.5 Å². The second kappa shape index (κ2) is 5.98. The fraction of sp³-hybridized carbons (Fsp3) is 0.300. The minimum Gasteiger partial charge on any atom is -0.497 e. The molecule has 0 saturated carbocycles. The fourth-order valence-corrected chi connectivity index (χ4v) is 3.16. The molecule has 0 aromatic heterocycles. The van der Waals surface area contributed by atoms with Gasteiger partial charge in [0.25, 0.3) is 0 Å². The minimum atomic E-state index is 0.0322. The fourth-order valence-electron chi connectivity index (χ4n) is 3.16. The Balaban J connectivity index is 1.80. The second-order valence-electron chi connectivity index (χ2n) is 6.27. The second-order valence-corrected chi connectivity index (χ2v) is 6.27. The molecule has 0 radical (unpaired) electrons. The van der Waals surface area contributed by atoms with E-state index >= 15 is 0 Å². The Morgan fingerprint density at radius 2 is 1.68 bits per heavy atom. The lowest BCUT2D eigenvalue weighted by Gasteiger charge is -2.35. The molecule has 0 unspecified atom stereocenters. The van der Waals surface area contributed by atoms with E-state index in [0.717, 1.165) is 18.8 Å². The summed E-state index contributed by atoms with van der Waals surface area (Å²) in [4.78, 5) is 2.52. The zero-order chi connectivity index (χ0) is 15.6. The van der Waals surface area contributed by atoms with Crippen LogP contribution >= 0.6 is 0 Å². The van der Waals surface area contributed by atoms with E-state index in [-0.39, 0.29) is 5.54 Å². The van der Waals surface area contributed by atoms with Crippen molar-refractivity contribution in [2.24, 2.45) is 0 Å². The van der Waals surface area contributed by atoms with Crippen LogP contribution in [0.25, 0.3) is 5.57 Å². The molecule has 2 aromatic carbocycles. The van der Waals surface area contributed by atoms with Crippen molar-refractivity contribution in [2.75, 3.05) is 13.7 Å². The molecule has 0 atom stereocenters. The van der Waals surface area contributed by atoms with Gasteiger partial charge in [0.2, 0.25) is 0 Å². The van der Waals surface area contributed by atoms with E-state index in [1.54, 1.807) is 7.11 Å². The predicted molar refractivity (Wildman–Crippen MR) is 91.9 cm³/mol. The van der Waals surface area contributed by atoms with Crippen molar-refractivity contribution < 1.29 is 4.74 Å². The van der Waals surface area contributed by atoms with Crippen LogP contribution in [0.3, 0.4) is 0 Å². The third-order valence-electron chi connectivity index (χ3n) is 4.58. The average molecular weight is 293 g/mol. The Morgan fingerprint density at radius 3 is 2.32 bits per heavy atom. The molecule has 0 bridgehead atoms. The molecule has 0 N–H and O–H groups in total. The molecule has 2 heteroatoms. The molecule has 0 fully saturated rings. The SMILES string of the molecule is COc1ccc(C2=CCN(Cc3ccccc3)C2(C)C)cc1. The Morgan fingerprint density at radius 1 is 1.00 bits per heavy atom. The molecule has 1 aliphatic heterocycles. The summed E-state index contributed by atoms with van der Waals surface area (Å²) in [6.07, 6.45) is 2.35. The third kappa shape index (κ3) is 2.79. The number of benzene rings is 2. The molecule has 0 spiro atoms.